The van der Waals surface area contributed by atoms with E-state index in [4.69, 9.17) is 11.6 Å². The molecule has 4 rings (SSSR count). The van der Waals surface area contributed by atoms with Crippen molar-refractivity contribution < 1.29 is 9.59 Å². The van der Waals surface area contributed by atoms with Crippen LogP contribution in [-0.2, 0) is 17.1 Å². The van der Waals surface area contributed by atoms with Gasteiger partial charge in [-0.3, -0.25) is 4.79 Å². The Labute approximate surface area is 201 Å². The molecule has 0 aliphatic carbocycles. The van der Waals surface area contributed by atoms with Crippen molar-refractivity contribution in [2.24, 2.45) is 0 Å². The van der Waals surface area contributed by atoms with Crippen LogP contribution in [0.2, 0.25) is 5.02 Å². The van der Waals surface area contributed by atoms with Gasteiger partial charge >= 0.3 is 6.03 Å². The Hall–Kier alpha value is -3.43. The van der Waals surface area contributed by atoms with Crippen LogP contribution in [0.4, 0.5) is 10.5 Å². The van der Waals surface area contributed by atoms with E-state index in [9.17, 15) is 9.59 Å². The van der Waals surface area contributed by atoms with Gasteiger partial charge in [-0.15, -0.1) is 0 Å². The molecular formula is C23H23ClN6O2S. The maximum absolute atomic E-state index is 13.3. The summed E-state index contributed by atoms with van der Waals surface area (Å²) in [5.41, 5.74) is 6.38. The zero-order chi connectivity index (χ0) is 23.4. The number of benzene rings is 2. The van der Waals surface area contributed by atoms with Crippen molar-refractivity contribution in [3.63, 3.8) is 0 Å². The summed E-state index contributed by atoms with van der Waals surface area (Å²) in [6.45, 7) is 2.22. The lowest BCUT2D eigenvalue weighted by molar-refractivity contribution is -0.113. The number of halogens is 1. The maximum Gasteiger partial charge on any atom is 0.319 e. The Kier molecular flexibility index (Phi) is 6.90. The third-order valence-electron chi connectivity index (χ3n) is 5.18. The van der Waals surface area contributed by atoms with Crippen molar-refractivity contribution in [2.45, 2.75) is 25.3 Å². The van der Waals surface area contributed by atoms with Crippen molar-refractivity contribution in [2.75, 3.05) is 10.7 Å². The van der Waals surface area contributed by atoms with Gasteiger partial charge in [0.05, 0.1) is 29.8 Å². The Morgan fingerprint density at radius 1 is 1.21 bits per heavy atom. The minimum atomic E-state index is -0.734. The van der Waals surface area contributed by atoms with Gasteiger partial charge in [0.15, 0.2) is 0 Å². The van der Waals surface area contributed by atoms with Crippen LogP contribution in [0, 0.1) is 0 Å². The van der Waals surface area contributed by atoms with Crippen molar-refractivity contribution in [1.29, 1.82) is 0 Å². The molecule has 170 valence electrons. The van der Waals surface area contributed by atoms with Gasteiger partial charge in [0.25, 0.3) is 5.91 Å². The Balaban J connectivity index is 1.67. The molecule has 0 spiro atoms. The second kappa shape index (κ2) is 10.0. The molecule has 2 heterocycles. The second-order valence-corrected chi connectivity index (χ2v) is 8.20. The van der Waals surface area contributed by atoms with E-state index in [2.05, 4.69) is 39.0 Å². The van der Waals surface area contributed by atoms with Crippen LogP contribution in [0.15, 0.2) is 72.1 Å². The Morgan fingerprint density at radius 3 is 2.73 bits per heavy atom. The summed E-state index contributed by atoms with van der Waals surface area (Å²) in [5, 5.41) is 8.89. The molecule has 0 bridgehead atoms. The first kappa shape index (κ1) is 22.8. The van der Waals surface area contributed by atoms with Crippen LogP contribution in [0.5, 0.6) is 0 Å². The van der Waals surface area contributed by atoms with Gasteiger partial charge in [-0.1, -0.05) is 48.0 Å². The summed E-state index contributed by atoms with van der Waals surface area (Å²) in [5.74, 6) is 0.660. The lowest BCUT2D eigenvalue weighted by atomic mass is 9.99. The van der Waals surface area contributed by atoms with Crippen molar-refractivity contribution in [1.82, 2.24) is 20.3 Å². The summed E-state index contributed by atoms with van der Waals surface area (Å²) in [7, 11) is 0. The number of amides is 3. The molecule has 3 aromatic rings. The zero-order valence-corrected chi connectivity index (χ0v) is 19.5. The molecule has 10 heteroatoms. The largest absolute Gasteiger partial charge is 0.325 e. The fourth-order valence-corrected chi connectivity index (χ4v) is 4.06. The lowest BCUT2D eigenvalue weighted by Crippen LogP contribution is -2.47. The number of hydrogen-bond acceptors (Lipinski definition) is 5. The van der Waals surface area contributed by atoms with E-state index in [-0.39, 0.29) is 5.91 Å². The number of nitrogens with zero attached hydrogens (tertiary/aromatic N) is 2. The van der Waals surface area contributed by atoms with E-state index in [1.807, 2.05) is 30.3 Å². The fourth-order valence-electron chi connectivity index (χ4n) is 3.65. The van der Waals surface area contributed by atoms with Crippen LogP contribution in [0.1, 0.15) is 30.0 Å². The number of aromatic nitrogens is 2. The van der Waals surface area contributed by atoms with E-state index in [0.717, 1.165) is 5.56 Å². The van der Waals surface area contributed by atoms with Gasteiger partial charge in [-0.05, 0) is 30.7 Å². The number of thiol groups is 1. The molecule has 0 radical (unpaired) electrons. The molecule has 4 N–H and O–H groups in total. The van der Waals surface area contributed by atoms with E-state index < -0.39 is 12.1 Å². The second-order valence-electron chi connectivity index (χ2n) is 7.45. The molecule has 0 saturated heterocycles. The van der Waals surface area contributed by atoms with Gasteiger partial charge in [0.2, 0.25) is 0 Å². The van der Waals surface area contributed by atoms with Gasteiger partial charge < -0.3 is 21.4 Å². The molecular weight excluding hydrogens is 460 g/mol. The van der Waals surface area contributed by atoms with Crippen molar-refractivity contribution >= 4 is 41.9 Å². The highest BCUT2D eigenvalue weighted by Crippen LogP contribution is 2.29. The molecule has 1 unspecified atom stereocenters. The van der Waals surface area contributed by atoms with Crippen LogP contribution in [0.25, 0.3) is 0 Å². The number of anilines is 1. The molecule has 0 fully saturated rings. The summed E-state index contributed by atoms with van der Waals surface area (Å²) >= 11 is 10.4. The molecule has 1 aliphatic rings. The predicted molar refractivity (Wildman–Crippen MR) is 132 cm³/mol. The van der Waals surface area contributed by atoms with E-state index >= 15 is 0 Å². The summed E-state index contributed by atoms with van der Waals surface area (Å²) in [6.07, 6.45) is 1.64. The number of carbonyl (C=O) groups is 2. The predicted octanol–water partition coefficient (Wildman–Crippen LogP) is 3.98. The highest BCUT2D eigenvalue weighted by Gasteiger charge is 2.34. The first-order valence-corrected chi connectivity index (χ1v) is 11.3. The molecule has 8 nitrogen and oxygen atoms in total. The SMILES string of the molecule is CC1=C(C(=O)Nc2cccc(Cl)c2)C(c2cnc(CS)n2NCc2ccccc2)NC(=O)N1. The minimum Gasteiger partial charge on any atom is -0.325 e. The number of urea groups is 1. The minimum absolute atomic E-state index is 0.364. The topological polar surface area (TPSA) is 100 Å². The normalized spacial score (nSPS) is 15.6. The van der Waals surface area contributed by atoms with Crippen LogP contribution in [0.3, 0.4) is 0 Å². The number of carbonyl (C=O) groups excluding carboxylic acids is 2. The third kappa shape index (κ3) is 5.15. The fraction of sp³-hybridized carbons (Fsp3) is 0.174. The number of nitrogens with one attached hydrogen (secondary N) is 4. The lowest BCUT2D eigenvalue weighted by Gasteiger charge is -2.29. The quantitative estimate of drug-likeness (QED) is 0.329. The Bertz CT molecular complexity index is 1210. The summed E-state index contributed by atoms with van der Waals surface area (Å²) in [4.78, 5) is 30.0. The molecule has 0 saturated carbocycles. The summed E-state index contributed by atoms with van der Waals surface area (Å²) in [6, 6.07) is 15.6. The monoisotopic (exact) mass is 482 g/mol. The van der Waals surface area contributed by atoms with E-state index in [0.29, 0.717) is 45.8 Å². The van der Waals surface area contributed by atoms with E-state index in [1.165, 1.54) is 0 Å². The number of imidazole rings is 1. The molecule has 33 heavy (non-hydrogen) atoms. The highest BCUT2D eigenvalue weighted by atomic mass is 35.5. The highest BCUT2D eigenvalue weighted by molar-refractivity contribution is 7.79. The summed E-state index contributed by atoms with van der Waals surface area (Å²) < 4.78 is 1.77. The molecule has 3 amide bonds. The number of allylic oxidation sites excluding steroid dienone is 1. The zero-order valence-electron chi connectivity index (χ0n) is 17.8. The maximum atomic E-state index is 13.3. The average Bonchev–Trinajstić information content (AvgIpc) is 3.20. The smallest absolute Gasteiger partial charge is 0.319 e. The number of hydrogen-bond donors (Lipinski definition) is 5. The van der Waals surface area contributed by atoms with E-state index in [1.54, 1.807) is 42.1 Å². The number of rotatable bonds is 7. The van der Waals surface area contributed by atoms with Crippen molar-refractivity contribution in [3.05, 3.63) is 94.2 Å². The average molecular weight is 483 g/mol. The van der Waals surface area contributed by atoms with Crippen LogP contribution < -0.4 is 21.4 Å². The van der Waals surface area contributed by atoms with Gasteiger partial charge in [0.1, 0.15) is 11.9 Å². The van der Waals surface area contributed by atoms with Gasteiger partial charge in [-0.2, -0.15) is 12.6 Å². The molecule has 1 atom stereocenters. The standard InChI is InChI=1S/C23H23ClN6O2S/c1-14-20(22(31)28-17-9-5-8-16(24)10-17)21(29-23(32)27-14)18-12-25-19(13-33)30(18)26-11-15-6-3-2-4-7-15/h2-10,12,21,26,33H,11,13H2,1H3,(H,28,31)(H2,27,29,32). The third-order valence-corrected chi connectivity index (χ3v) is 5.70. The first-order chi connectivity index (χ1) is 16.0. The molecule has 1 aliphatic heterocycles. The van der Waals surface area contributed by atoms with Gasteiger partial charge in [-0.25, -0.2) is 14.5 Å². The first-order valence-electron chi connectivity index (χ1n) is 10.3. The van der Waals surface area contributed by atoms with Crippen molar-refractivity contribution in [3.8, 4) is 0 Å². The Morgan fingerprint density at radius 2 is 2.00 bits per heavy atom. The molecule has 1 aromatic heterocycles. The van der Waals surface area contributed by atoms with Gasteiger partial charge in [0, 0.05) is 16.4 Å². The molecule has 2 aromatic carbocycles. The van der Waals surface area contributed by atoms with Crippen LogP contribution in [-0.4, -0.2) is 21.6 Å². The van der Waals surface area contributed by atoms with Crippen LogP contribution >= 0.6 is 24.2 Å².